The first-order valence-corrected chi connectivity index (χ1v) is 3.84. The van der Waals surface area contributed by atoms with Crippen molar-refractivity contribution in [2.45, 2.75) is 19.3 Å². The molecule has 0 radical (unpaired) electrons. The minimum Gasteiger partial charge on any atom is -0.402 e. The molecule has 0 atom stereocenters. The van der Waals surface area contributed by atoms with Gasteiger partial charge in [0, 0.05) is 12.5 Å². The number of halogens is 1. The van der Waals surface area contributed by atoms with Crippen LogP contribution >= 0.6 is 11.6 Å². The minimum absolute atomic E-state index is 0.383. The molecule has 0 aromatic carbocycles. The van der Waals surface area contributed by atoms with Gasteiger partial charge in [0.1, 0.15) is 0 Å². The van der Waals surface area contributed by atoms with Crippen LogP contribution in [0.15, 0.2) is 0 Å². The van der Waals surface area contributed by atoms with Crippen molar-refractivity contribution >= 4 is 18.9 Å². The average molecular weight is 166 g/mol. The van der Waals surface area contributed by atoms with E-state index < -0.39 is 7.32 Å². The second-order valence-corrected chi connectivity index (χ2v) is 2.32. The molecule has 0 rings (SSSR count). The second kappa shape index (κ2) is 7.34. The first-order chi connectivity index (χ1) is 4.77. The third-order valence-corrected chi connectivity index (χ3v) is 1.31. The molecule has 5 heteroatoms. The number of hydrogen-bond acceptors (Lipinski definition) is 3. The minimum atomic E-state index is -1.63. The van der Waals surface area contributed by atoms with Crippen molar-refractivity contribution < 1.29 is 14.7 Å². The summed E-state index contributed by atoms with van der Waals surface area (Å²) in [5, 5.41) is 16.4. The van der Waals surface area contributed by atoms with Gasteiger partial charge in [0.2, 0.25) is 0 Å². The van der Waals surface area contributed by atoms with Gasteiger partial charge in [-0.15, -0.1) is 11.6 Å². The lowest BCUT2D eigenvalue weighted by Crippen LogP contribution is -2.17. The maximum atomic E-state index is 8.22. The van der Waals surface area contributed by atoms with Gasteiger partial charge in [0.15, 0.2) is 0 Å². The van der Waals surface area contributed by atoms with Crippen LogP contribution in [0.25, 0.3) is 0 Å². The van der Waals surface area contributed by atoms with Crippen LogP contribution in [0, 0.1) is 0 Å². The Morgan fingerprint density at radius 2 is 1.90 bits per heavy atom. The summed E-state index contributed by atoms with van der Waals surface area (Å²) in [6, 6.07) is 0. The molecular weight excluding hydrogens is 154 g/mol. The largest absolute Gasteiger partial charge is 0.633 e. The molecule has 60 valence electrons. The van der Waals surface area contributed by atoms with Crippen molar-refractivity contribution in [2.75, 3.05) is 12.5 Å². The topological polar surface area (TPSA) is 49.7 Å². The Morgan fingerprint density at radius 1 is 1.20 bits per heavy atom. The van der Waals surface area contributed by atoms with Crippen molar-refractivity contribution in [3.05, 3.63) is 0 Å². The number of hydrogen-bond donors (Lipinski definition) is 2. The molecule has 0 aliphatic rings. The van der Waals surface area contributed by atoms with Gasteiger partial charge in [0.05, 0.1) is 0 Å². The van der Waals surface area contributed by atoms with Crippen molar-refractivity contribution in [3.8, 4) is 0 Å². The molecule has 0 bridgehead atoms. The van der Waals surface area contributed by atoms with Crippen LogP contribution in [-0.4, -0.2) is 29.9 Å². The molecule has 3 nitrogen and oxygen atoms in total. The zero-order valence-electron chi connectivity index (χ0n) is 5.79. The van der Waals surface area contributed by atoms with Gasteiger partial charge >= 0.3 is 7.32 Å². The van der Waals surface area contributed by atoms with Gasteiger partial charge in [-0.05, 0) is 12.8 Å². The molecular formula is C5H12BClO3. The molecule has 0 fully saturated rings. The third kappa shape index (κ3) is 8.23. The lowest BCUT2D eigenvalue weighted by molar-refractivity contribution is 0.182. The van der Waals surface area contributed by atoms with E-state index in [0.29, 0.717) is 12.5 Å². The van der Waals surface area contributed by atoms with Crippen LogP contribution < -0.4 is 0 Å². The van der Waals surface area contributed by atoms with Crippen LogP contribution in [0.3, 0.4) is 0 Å². The van der Waals surface area contributed by atoms with Crippen molar-refractivity contribution in [3.63, 3.8) is 0 Å². The quantitative estimate of drug-likeness (QED) is 0.341. The molecule has 0 saturated carbocycles. The summed E-state index contributed by atoms with van der Waals surface area (Å²) in [5.74, 6) is 0.654. The van der Waals surface area contributed by atoms with E-state index in [2.05, 4.69) is 4.65 Å². The van der Waals surface area contributed by atoms with Crippen LogP contribution in [-0.2, 0) is 4.65 Å². The fourth-order valence-electron chi connectivity index (χ4n) is 0.562. The Labute approximate surface area is 66.1 Å². The lowest BCUT2D eigenvalue weighted by atomic mass is 10.2. The van der Waals surface area contributed by atoms with E-state index >= 15 is 0 Å². The van der Waals surface area contributed by atoms with Crippen molar-refractivity contribution in [1.29, 1.82) is 0 Å². The zero-order valence-corrected chi connectivity index (χ0v) is 6.55. The Morgan fingerprint density at radius 3 is 2.40 bits per heavy atom. The SMILES string of the molecule is OB(O)OCCCCCCl. The summed E-state index contributed by atoms with van der Waals surface area (Å²) < 4.78 is 4.46. The van der Waals surface area contributed by atoms with E-state index in [0.717, 1.165) is 19.3 Å². The first-order valence-electron chi connectivity index (χ1n) is 3.31. The highest BCUT2D eigenvalue weighted by Gasteiger charge is 2.05. The van der Waals surface area contributed by atoms with E-state index in [-0.39, 0.29) is 0 Å². The van der Waals surface area contributed by atoms with Crippen LogP contribution in [0.5, 0.6) is 0 Å². The van der Waals surface area contributed by atoms with Gasteiger partial charge in [0.25, 0.3) is 0 Å². The van der Waals surface area contributed by atoms with E-state index in [4.69, 9.17) is 21.6 Å². The Balaban J connectivity index is 2.77. The highest BCUT2D eigenvalue weighted by atomic mass is 35.5. The number of rotatable bonds is 6. The van der Waals surface area contributed by atoms with E-state index in [9.17, 15) is 0 Å². The van der Waals surface area contributed by atoms with E-state index in [1.165, 1.54) is 0 Å². The third-order valence-electron chi connectivity index (χ3n) is 1.04. The highest BCUT2D eigenvalue weighted by molar-refractivity contribution is 6.32. The normalized spacial score (nSPS) is 9.90. The summed E-state index contributed by atoms with van der Waals surface area (Å²) in [6.45, 7) is 0.383. The summed E-state index contributed by atoms with van der Waals surface area (Å²) >= 11 is 5.40. The van der Waals surface area contributed by atoms with Gasteiger partial charge < -0.3 is 14.7 Å². The standard InChI is InChI=1S/C5H12BClO3/c7-4-2-1-3-5-10-6(8)9/h8-9H,1-5H2. The number of alkyl halides is 1. The molecule has 10 heavy (non-hydrogen) atoms. The molecule has 0 aliphatic carbocycles. The first kappa shape index (κ1) is 10.2. The van der Waals surface area contributed by atoms with Crippen molar-refractivity contribution in [2.24, 2.45) is 0 Å². The molecule has 0 amide bonds. The molecule has 0 aromatic heterocycles. The van der Waals surface area contributed by atoms with E-state index in [1.807, 2.05) is 0 Å². The Kier molecular flexibility index (Phi) is 7.52. The zero-order chi connectivity index (χ0) is 7.82. The van der Waals surface area contributed by atoms with Gasteiger partial charge in [-0.2, -0.15) is 0 Å². The summed E-state index contributed by atoms with van der Waals surface area (Å²) in [7, 11) is -1.63. The maximum absolute atomic E-state index is 8.22. The number of unbranched alkanes of at least 4 members (excludes halogenated alkanes) is 2. The van der Waals surface area contributed by atoms with E-state index in [1.54, 1.807) is 0 Å². The average Bonchev–Trinajstić information content (AvgIpc) is 1.87. The maximum Gasteiger partial charge on any atom is 0.633 e. The van der Waals surface area contributed by atoms with Gasteiger partial charge in [-0.25, -0.2) is 0 Å². The molecule has 0 spiro atoms. The summed E-state index contributed by atoms with van der Waals surface area (Å²) in [5.41, 5.74) is 0. The second-order valence-electron chi connectivity index (χ2n) is 1.95. The fourth-order valence-corrected chi connectivity index (χ4v) is 0.751. The Hall–Kier alpha value is 0.235. The van der Waals surface area contributed by atoms with Crippen LogP contribution in [0.2, 0.25) is 0 Å². The van der Waals surface area contributed by atoms with Crippen LogP contribution in [0.1, 0.15) is 19.3 Å². The van der Waals surface area contributed by atoms with Crippen LogP contribution in [0.4, 0.5) is 0 Å². The molecule has 0 aromatic rings. The van der Waals surface area contributed by atoms with Gasteiger partial charge in [-0.1, -0.05) is 6.42 Å². The van der Waals surface area contributed by atoms with Gasteiger partial charge in [-0.3, -0.25) is 0 Å². The highest BCUT2D eigenvalue weighted by Crippen LogP contribution is 1.97. The lowest BCUT2D eigenvalue weighted by Gasteiger charge is -2.00. The smallest absolute Gasteiger partial charge is 0.402 e. The predicted octanol–water partition coefficient (Wildman–Crippen LogP) is 0.382. The Bertz CT molecular complexity index is 71.9. The summed E-state index contributed by atoms with van der Waals surface area (Å²) in [6.07, 6.45) is 2.74. The molecule has 0 unspecified atom stereocenters. The summed E-state index contributed by atoms with van der Waals surface area (Å²) in [4.78, 5) is 0. The molecule has 0 heterocycles. The van der Waals surface area contributed by atoms with Crippen molar-refractivity contribution in [1.82, 2.24) is 0 Å². The molecule has 0 saturated heterocycles. The fraction of sp³-hybridized carbons (Fsp3) is 1.00. The molecule has 0 aliphatic heterocycles. The monoisotopic (exact) mass is 166 g/mol. The molecule has 2 N–H and O–H groups in total. The predicted molar refractivity (Wildman–Crippen MR) is 40.7 cm³/mol.